The van der Waals surface area contributed by atoms with Crippen molar-refractivity contribution in [3.63, 3.8) is 0 Å². The van der Waals surface area contributed by atoms with Gasteiger partial charge in [0.25, 0.3) is 5.91 Å². The van der Waals surface area contributed by atoms with E-state index in [4.69, 9.17) is 9.72 Å². The number of nitrogens with one attached hydrogen (secondary N) is 1. The highest BCUT2D eigenvalue weighted by Crippen LogP contribution is 2.29. The zero-order valence-electron chi connectivity index (χ0n) is 16.2. The number of hydrogen-bond donors (Lipinski definition) is 1. The monoisotopic (exact) mass is 368 g/mol. The maximum absolute atomic E-state index is 12.9. The van der Waals surface area contributed by atoms with Gasteiger partial charge in [0.05, 0.1) is 11.1 Å². The molecule has 3 rings (SSSR count). The Morgan fingerprint density at radius 1 is 1.15 bits per heavy atom. The average molecular weight is 368 g/mol. The summed E-state index contributed by atoms with van der Waals surface area (Å²) in [6, 6.07) is 7.67. The summed E-state index contributed by atoms with van der Waals surface area (Å²) in [5, 5.41) is 3.61. The molecule has 1 aromatic carbocycles. The van der Waals surface area contributed by atoms with Crippen molar-refractivity contribution in [2.45, 2.75) is 52.4 Å². The SMILES string of the molecule is CC(C)CCNC(=O)COC(=O)c1c2c(nc3ccccc13)CCCCC2. The molecule has 5 nitrogen and oxygen atoms in total. The second-order valence-corrected chi connectivity index (χ2v) is 7.60. The molecular formula is C22H28N2O3. The minimum Gasteiger partial charge on any atom is -0.452 e. The average Bonchev–Trinajstić information content (AvgIpc) is 2.89. The molecule has 27 heavy (non-hydrogen) atoms. The number of ether oxygens (including phenoxy) is 1. The summed E-state index contributed by atoms with van der Waals surface area (Å²) in [6.07, 6.45) is 5.89. The van der Waals surface area contributed by atoms with E-state index in [1.54, 1.807) is 0 Å². The molecule has 0 saturated heterocycles. The Morgan fingerprint density at radius 3 is 2.74 bits per heavy atom. The van der Waals surface area contributed by atoms with E-state index in [0.29, 0.717) is 18.0 Å². The highest BCUT2D eigenvalue weighted by molar-refractivity contribution is 6.05. The van der Waals surface area contributed by atoms with E-state index in [1.165, 1.54) is 0 Å². The molecule has 5 heteroatoms. The number of esters is 1. The van der Waals surface area contributed by atoms with Crippen molar-refractivity contribution >= 4 is 22.8 Å². The smallest absolute Gasteiger partial charge is 0.339 e. The van der Waals surface area contributed by atoms with Crippen LogP contribution in [0.15, 0.2) is 24.3 Å². The number of carbonyl (C=O) groups is 2. The molecule has 144 valence electrons. The van der Waals surface area contributed by atoms with Crippen LogP contribution < -0.4 is 5.32 Å². The van der Waals surface area contributed by atoms with E-state index in [-0.39, 0.29) is 12.5 Å². The van der Waals surface area contributed by atoms with Crippen LogP contribution in [0.5, 0.6) is 0 Å². The molecule has 1 aliphatic rings. The van der Waals surface area contributed by atoms with Crippen LogP contribution >= 0.6 is 0 Å². The van der Waals surface area contributed by atoms with E-state index in [0.717, 1.165) is 60.7 Å². The summed E-state index contributed by atoms with van der Waals surface area (Å²) in [5.41, 5.74) is 3.40. The normalized spacial score (nSPS) is 13.9. The minimum atomic E-state index is -0.425. The molecule has 0 aliphatic heterocycles. The van der Waals surface area contributed by atoms with Crippen molar-refractivity contribution in [3.8, 4) is 0 Å². The summed E-state index contributed by atoms with van der Waals surface area (Å²) in [5.74, 6) is -0.161. The minimum absolute atomic E-state index is 0.248. The van der Waals surface area contributed by atoms with Crippen LogP contribution in [-0.2, 0) is 22.4 Å². The number of amides is 1. The number of benzene rings is 1. The molecule has 0 radical (unpaired) electrons. The molecule has 0 saturated carbocycles. The van der Waals surface area contributed by atoms with Gasteiger partial charge in [-0.25, -0.2) is 4.79 Å². The standard InChI is InChI=1S/C22H28N2O3/c1-15(2)12-13-23-20(25)14-27-22(26)21-16-8-4-3-5-10-18(16)24-19-11-7-6-9-17(19)21/h6-7,9,11,15H,3-5,8,10,12-14H2,1-2H3,(H,23,25). The summed E-state index contributed by atoms with van der Waals surface area (Å²) in [7, 11) is 0. The van der Waals surface area contributed by atoms with Gasteiger partial charge in [-0.15, -0.1) is 0 Å². The second-order valence-electron chi connectivity index (χ2n) is 7.60. The Labute approximate surface area is 160 Å². The number of fused-ring (bicyclic) bond motifs is 2. The van der Waals surface area contributed by atoms with Crippen molar-refractivity contribution in [3.05, 3.63) is 41.1 Å². The summed E-state index contributed by atoms with van der Waals surface area (Å²) in [6.45, 7) is 4.56. The van der Waals surface area contributed by atoms with E-state index in [9.17, 15) is 9.59 Å². The molecule has 1 heterocycles. The Morgan fingerprint density at radius 2 is 1.93 bits per heavy atom. The lowest BCUT2D eigenvalue weighted by Crippen LogP contribution is -2.30. The van der Waals surface area contributed by atoms with Gasteiger partial charge in [-0.3, -0.25) is 9.78 Å². The molecule has 0 unspecified atom stereocenters. The zero-order valence-corrected chi connectivity index (χ0v) is 16.2. The van der Waals surface area contributed by atoms with Crippen LogP contribution in [0.1, 0.15) is 61.1 Å². The van der Waals surface area contributed by atoms with Crippen LogP contribution in [0.2, 0.25) is 0 Å². The number of rotatable bonds is 6. The molecule has 2 aromatic rings. The Hall–Kier alpha value is -2.43. The van der Waals surface area contributed by atoms with Crippen molar-refractivity contribution in [1.29, 1.82) is 0 Å². The predicted molar refractivity (Wildman–Crippen MR) is 106 cm³/mol. The number of nitrogens with zero attached hydrogens (tertiary/aromatic N) is 1. The van der Waals surface area contributed by atoms with E-state index < -0.39 is 5.97 Å². The van der Waals surface area contributed by atoms with Crippen molar-refractivity contribution in [2.75, 3.05) is 13.2 Å². The lowest BCUT2D eigenvalue weighted by Gasteiger charge is -2.15. The van der Waals surface area contributed by atoms with Crippen molar-refractivity contribution in [2.24, 2.45) is 5.92 Å². The Kier molecular flexibility index (Phi) is 6.43. The maximum Gasteiger partial charge on any atom is 0.339 e. The first-order valence-corrected chi connectivity index (χ1v) is 9.90. The largest absolute Gasteiger partial charge is 0.452 e. The fourth-order valence-corrected chi connectivity index (χ4v) is 3.54. The lowest BCUT2D eigenvalue weighted by molar-refractivity contribution is -0.124. The van der Waals surface area contributed by atoms with Gasteiger partial charge in [-0.05, 0) is 49.7 Å². The zero-order chi connectivity index (χ0) is 19.2. The second kappa shape index (κ2) is 8.98. The van der Waals surface area contributed by atoms with Crippen LogP contribution in [0, 0.1) is 5.92 Å². The van der Waals surface area contributed by atoms with Crippen molar-refractivity contribution < 1.29 is 14.3 Å². The molecule has 1 amide bonds. The first-order valence-electron chi connectivity index (χ1n) is 9.90. The number of hydrogen-bond acceptors (Lipinski definition) is 4. The Balaban J connectivity index is 1.79. The lowest BCUT2D eigenvalue weighted by atomic mass is 9.97. The molecule has 0 bridgehead atoms. The predicted octanol–water partition coefficient (Wildman–Crippen LogP) is 3.82. The molecule has 0 fully saturated rings. The van der Waals surface area contributed by atoms with Gasteiger partial charge in [0.1, 0.15) is 0 Å². The van der Waals surface area contributed by atoms with Gasteiger partial charge in [-0.1, -0.05) is 38.5 Å². The van der Waals surface area contributed by atoms with Gasteiger partial charge >= 0.3 is 5.97 Å². The van der Waals surface area contributed by atoms with Crippen LogP contribution in [0.4, 0.5) is 0 Å². The third-order valence-corrected chi connectivity index (χ3v) is 5.00. The summed E-state index contributed by atoms with van der Waals surface area (Å²) < 4.78 is 5.38. The maximum atomic E-state index is 12.9. The molecule has 1 aromatic heterocycles. The van der Waals surface area contributed by atoms with Gasteiger partial charge in [-0.2, -0.15) is 0 Å². The van der Waals surface area contributed by atoms with Crippen LogP contribution in [0.3, 0.4) is 0 Å². The third-order valence-electron chi connectivity index (χ3n) is 5.00. The number of carbonyl (C=O) groups excluding carboxylic acids is 2. The van der Waals surface area contributed by atoms with E-state index >= 15 is 0 Å². The van der Waals surface area contributed by atoms with Gasteiger partial charge < -0.3 is 10.1 Å². The first kappa shape index (κ1) is 19.3. The molecule has 1 aliphatic carbocycles. The first-order chi connectivity index (χ1) is 13.1. The highest BCUT2D eigenvalue weighted by Gasteiger charge is 2.23. The number of para-hydroxylation sites is 1. The van der Waals surface area contributed by atoms with Crippen LogP contribution in [0.25, 0.3) is 10.9 Å². The fraction of sp³-hybridized carbons (Fsp3) is 0.500. The molecule has 0 spiro atoms. The van der Waals surface area contributed by atoms with Crippen LogP contribution in [-0.4, -0.2) is 30.0 Å². The molecule has 0 atom stereocenters. The summed E-state index contributed by atoms with van der Waals surface area (Å²) in [4.78, 5) is 29.7. The number of aromatic nitrogens is 1. The quantitative estimate of drug-likeness (QED) is 0.622. The Bertz CT molecular complexity index is 830. The molecular weight excluding hydrogens is 340 g/mol. The van der Waals surface area contributed by atoms with Gasteiger partial charge in [0, 0.05) is 17.6 Å². The van der Waals surface area contributed by atoms with Gasteiger partial charge in [0.15, 0.2) is 6.61 Å². The fourth-order valence-electron chi connectivity index (χ4n) is 3.54. The van der Waals surface area contributed by atoms with Crippen molar-refractivity contribution in [1.82, 2.24) is 10.3 Å². The topological polar surface area (TPSA) is 68.3 Å². The number of pyridine rings is 1. The van der Waals surface area contributed by atoms with E-state index in [2.05, 4.69) is 19.2 Å². The summed E-state index contributed by atoms with van der Waals surface area (Å²) >= 11 is 0. The molecule has 1 N–H and O–H groups in total. The van der Waals surface area contributed by atoms with Gasteiger partial charge in [0.2, 0.25) is 0 Å². The third kappa shape index (κ3) is 4.85. The van der Waals surface area contributed by atoms with E-state index in [1.807, 2.05) is 24.3 Å². The number of aryl methyl sites for hydroxylation is 1. The highest BCUT2D eigenvalue weighted by atomic mass is 16.5.